The topological polar surface area (TPSA) is 25.8 Å². The van der Waals surface area contributed by atoms with Crippen LogP contribution in [-0.2, 0) is 0 Å². The molecule has 0 aliphatic carbocycles. The molecule has 0 spiro atoms. The quantitative estimate of drug-likeness (QED) is 0.747. The average molecular weight is 318 g/mol. The van der Waals surface area contributed by atoms with E-state index < -0.39 is 0 Å². The first kappa shape index (κ1) is 12.0. The fraction of sp³-hybridized carbons (Fsp3) is 0.273. The molecule has 0 bridgehead atoms. The Labute approximate surface area is 112 Å². The van der Waals surface area contributed by atoms with E-state index in [2.05, 4.69) is 39.7 Å². The number of aromatic nitrogens is 2. The van der Waals surface area contributed by atoms with Gasteiger partial charge in [-0.3, -0.25) is 0 Å². The highest BCUT2D eigenvalue weighted by molar-refractivity contribution is 9.11. The molecule has 0 aliphatic rings. The molecular formula is C11H10BrClN2S. The van der Waals surface area contributed by atoms with Crippen LogP contribution in [0.1, 0.15) is 25.5 Å². The van der Waals surface area contributed by atoms with Crippen molar-refractivity contribution in [2.45, 2.75) is 19.8 Å². The van der Waals surface area contributed by atoms with Crippen LogP contribution in [0.15, 0.2) is 22.0 Å². The van der Waals surface area contributed by atoms with Crippen LogP contribution in [0.2, 0.25) is 5.15 Å². The van der Waals surface area contributed by atoms with Crippen molar-refractivity contribution >= 4 is 38.9 Å². The summed E-state index contributed by atoms with van der Waals surface area (Å²) >= 11 is 11.0. The van der Waals surface area contributed by atoms with E-state index in [0.29, 0.717) is 16.9 Å². The first-order valence-electron chi connectivity index (χ1n) is 4.86. The van der Waals surface area contributed by atoms with Crippen LogP contribution in [0, 0.1) is 0 Å². The van der Waals surface area contributed by atoms with E-state index in [1.807, 2.05) is 18.2 Å². The molecule has 2 heterocycles. The molecule has 0 amide bonds. The first-order valence-corrected chi connectivity index (χ1v) is 6.85. The van der Waals surface area contributed by atoms with E-state index in [4.69, 9.17) is 11.6 Å². The Hall–Kier alpha value is -0.450. The van der Waals surface area contributed by atoms with Crippen LogP contribution in [0.4, 0.5) is 0 Å². The van der Waals surface area contributed by atoms with E-state index in [0.717, 1.165) is 14.4 Å². The zero-order valence-corrected chi connectivity index (χ0v) is 12.0. The predicted octanol–water partition coefficient (Wildman–Crippen LogP) is 4.74. The number of thiophene rings is 1. The summed E-state index contributed by atoms with van der Waals surface area (Å²) in [4.78, 5) is 9.78. The summed E-state index contributed by atoms with van der Waals surface area (Å²) in [5.41, 5.74) is 0.972. The summed E-state index contributed by atoms with van der Waals surface area (Å²) in [5, 5.41) is 0.498. The van der Waals surface area contributed by atoms with Crippen LogP contribution >= 0.6 is 38.9 Å². The van der Waals surface area contributed by atoms with Crippen molar-refractivity contribution in [1.82, 2.24) is 9.97 Å². The van der Waals surface area contributed by atoms with Gasteiger partial charge in [-0.2, -0.15) is 0 Å². The van der Waals surface area contributed by atoms with Gasteiger partial charge in [0.15, 0.2) is 5.82 Å². The molecule has 0 N–H and O–H groups in total. The lowest BCUT2D eigenvalue weighted by molar-refractivity contribution is 0.817. The Morgan fingerprint density at radius 2 is 2.06 bits per heavy atom. The Morgan fingerprint density at radius 1 is 1.31 bits per heavy atom. The number of hydrogen-bond acceptors (Lipinski definition) is 3. The van der Waals surface area contributed by atoms with Crippen LogP contribution in [0.3, 0.4) is 0 Å². The zero-order valence-electron chi connectivity index (χ0n) is 8.87. The van der Waals surface area contributed by atoms with Crippen molar-refractivity contribution in [3.63, 3.8) is 0 Å². The third-order valence-electron chi connectivity index (χ3n) is 2.10. The number of rotatable bonds is 2. The number of halogens is 2. The maximum absolute atomic E-state index is 5.99. The van der Waals surface area contributed by atoms with Gasteiger partial charge in [0, 0.05) is 5.69 Å². The number of nitrogens with zero attached hydrogens (tertiary/aromatic N) is 2. The van der Waals surface area contributed by atoms with Gasteiger partial charge < -0.3 is 0 Å². The standard InChI is InChI=1S/C11H10BrClN2S/c1-6(2)7-5-10(13)15-11(14-7)8-3-4-9(12)16-8/h3-6H,1-2H3. The monoisotopic (exact) mass is 316 g/mol. The molecule has 0 fully saturated rings. The molecule has 2 nitrogen and oxygen atoms in total. The highest BCUT2D eigenvalue weighted by Crippen LogP contribution is 2.30. The summed E-state index contributed by atoms with van der Waals surface area (Å²) in [6.07, 6.45) is 0. The maximum Gasteiger partial charge on any atom is 0.171 e. The van der Waals surface area contributed by atoms with Gasteiger partial charge in [0.2, 0.25) is 0 Å². The van der Waals surface area contributed by atoms with Crippen molar-refractivity contribution in [3.05, 3.63) is 32.8 Å². The van der Waals surface area contributed by atoms with Gasteiger partial charge >= 0.3 is 0 Å². The summed E-state index contributed by atoms with van der Waals surface area (Å²) in [7, 11) is 0. The molecule has 0 unspecified atom stereocenters. The van der Waals surface area contributed by atoms with Gasteiger partial charge in [0.1, 0.15) is 5.15 Å². The van der Waals surface area contributed by atoms with Crippen LogP contribution in [0.5, 0.6) is 0 Å². The van der Waals surface area contributed by atoms with Gasteiger partial charge in [0.05, 0.1) is 8.66 Å². The number of hydrogen-bond donors (Lipinski definition) is 0. The second kappa shape index (κ2) is 4.82. The van der Waals surface area contributed by atoms with E-state index in [1.54, 1.807) is 11.3 Å². The van der Waals surface area contributed by atoms with E-state index >= 15 is 0 Å². The highest BCUT2D eigenvalue weighted by Gasteiger charge is 2.10. The molecule has 84 valence electrons. The molecule has 2 rings (SSSR count). The fourth-order valence-electron chi connectivity index (χ4n) is 1.28. The molecule has 0 radical (unpaired) electrons. The van der Waals surface area contributed by atoms with E-state index in [1.165, 1.54) is 0 Å². The van der Waals surface area contributed by atoms with Gasteiger partial charge in [0.25, 0.3) is 0 Å². The zero-order chi connectivity index (χ0) is 11.7. The van der Waals surface area contributed by atoms with Crippen molar-refractivity contribution in [2.24, 2.45) is 0 Å². The molecule has 5 heteroatoms. The SMILES string of the molecule is CC(C)c1cc(Cl)nc(-c2ccc(Br)s2)n1. The Bertz CT molecular complexity index is 510. The third kappa shape index (κ3) is 2.62. The predicted molar refractivity (Wildman–Crippen MR) is 72.1 cm³/mol. The largest absolute Gasteiger partial charge is 0.232 e. The van der Waals surface area contributed by atoms with E-state index in [9.17, 15) is 0 Å². The summed E-state index contributed by atoms with van der Waals surface area (Å²) in [6, 6.07) is 5.79. The van der Waals surface area contributed by atoms with E-state index in [-0.39, 0.29) is 0 Å². The minimum absolute atomic E-state index is 0.350. The van der Waals surface area contributed by atoms with Crippen LogP contribution in [0.25, 0.3) is 10.7 Å². The Morgan fingerprint density at radius 3 is 2.62 bits per heavy atom. The summed E-state index contributed by atoms with van der Waals surface area (Å²) < 4.78 is 1.07. The molecule has 2 aromatic rings. The fourth-order valence-corrected chi connectivity index (χ4v) is 2.79. The normalized spacial score (nSPS) is 11.1. The van der Waals surface area contributed by atoms with Crippen molar-refractivity contribution < 1.29 is 0 Å². The molecule has 0 atom stereocenters. The van der Waals surface area contributed by atoms with Gasteiger partial charge in [-0.25, -0.2) is 9.97 Å². The average Bonchev–Trinajstić information content (AvgIpc) is 2.64. The maximum atomic E-state index is 5.99. The first-order chi connectivity index (χ1) is 7.56. The van der Waals surface area contributed by atoms with Crippen LogP contribution in [-0.4, -0.2) is 9.97 Å². The molecule has 2 aromatic heterocycles. The van der Waals surface area contributed by atoms with Crippen molar-refractivity contribution in [2.75, 3.05) is 0 Å². The van der Waals surface area contributed by atoms with Crippen LogP contribution < -0.4 is 0 Å². The minimum atomic E-state index is 0.350. The summed E-state index contributed by atoms with van der Waals surface area (Å²) in [5.74, 6) is 1.05. The van der Waals surface area contributed by atoms with Gasteiger partial charge in [-0.05, 0) is 40.0 Å². The highest BCUT2D eigenvalue weighted by atomic mass is 79.9. The minimum Gasteiger partial charge on any atom is -0.232 e. The molecule has 0 aromatic carbocycles. The summed E-state index contributed by atoms with van der Waals surface area (Å²) in [6.45, 7) is 4.18. The lowest BCUT2D eigenvalue weighted by Crippen LogP contribution is -1.96. The Balaban J connectivity index is 2.49. The third-order valence-corrected chi connectivity index (χ3v) is 3.91. The van der Waals surface area contributed by atoms with Crippen molar-refractivity contribution in [1.29, 1.82) is 0 Å². The second-order valence-corrected chi connectivity index (χ2v) is 6.55. The lowest BCUT2D eigenvalue weighted by atomic mass is 10.1. The molecule has 0 saturated heterocycles. The van der Waals surface area contributed by atoms with Gasteiger partial charge in [-0.1, -0.05) is 25.4 Å². The molecule has 0 saturated carbocycles. The smallest absolute Gasteiger partial charge is 0.171 e. The molecular weight excluding hydrogens is 308 g/mol. The Kier molecular flexibility index (Phi) is 3.62. The molecule has 16 heavy (non-hydrogen) atoms. The lowest BCUT2D eigenvalue weighted by Gasteiger charge is -2.06. The molecule has 0 aliphatic heterocycles. The van der Waals surface area contributed by atoms with Crippen molar-refractivity contribution in [3.8, 4) is 10.7 Å². The second-order valence-electron chi connectivity index (χ2n) is 3.70. The van der Waals surface area contributed by atoms with Gasteiger partial charge in [-0.15, -0.1) is 11.3 Å².